The van der Waals surface area contributed by atoms with Crippen LogP contribution in [0.2, 0.25) is 0 Å². The van der Waals surface area contributed by atoms with E-state index < -0.39 is 27.6 Å². The molecule has 1 heterocycles. The highest BCUT2D eigenvalue weighted by Gasteiger charge is 2.49. The number of carbonyl (C=O) groups is 3. The van der Waals surface area contributed by atoms with E-state index in [-0.39, 0.29) is 12.2 Å². The monoisotopic (exact) mass is 384 g/mol. The van der Waals surface area contributed by atoms with Gasteiger partial charge in [-0.05, 0) is 25.0 Å². The van der Waals surface area contributed by atoms with Crippen LogP contribution in [0, 0.1) is 5.41 Å². The number of carboxylic acid groups (broad SMARTS) is 1. The van der Waals surface area contributed by atoms with E-state index in [1.807, 2.05) is 44.2 Å². The maximum absolute atomic E-state index is 13.3. The molecule has 28 heavy (non-hydrogen) atoms. The van der Waals surface area contributed by atoms with Gasteiger partial charge >= 0.3 is 5.91 Å². The third-order valence-corrected chi connectivity index (χ3v) is 5.36. The topological polar surface area (TPSA) is 77.5 Å². The second-order valence-corrected chi connectivity index (χ2v) is 7.66. The number of anilines is 1. The maximum atomic E-state index is 13.3. The molecule has 0 saturated carbocycles. The van der Waals surface area contributed by atoms with Gasteiger partial charge in [0.25, 0.3) is 5.78 Å². The summed E-state index contributed by atoms with van der Waals surface area (Å²) in [6.07, 6.45) is 6.35. The van der Waals surface area contributed by atoms with Gasteiger partial charge in [-0.15, -0.1) is 0 Å². The quantitative estimate of drug-likeness (QED) is 0.509. The second-order valence-electron chi connectivity index (χ2n) is 7.66. The number of unbranched alkanes of at least 4 members (excludes halogenated alkanes) is 1. The molecule has 0 radical (unpaired) electrons. The van der Waals surface area contributed by atoms with E-state index in [2.05, 4.69) is 0 Å². The van der Waals surface area contributed by atoms with Crippen molar-refractivity contribution in [3.8, 4) is 0 Å². The standard InChI is InChI=1S/C22H28N2O4/c1-5-7-14-24(20(26)19(25)22(3,4)6-2)15-13-23(16-18(24)21(27)28)17-11-9-8-10-12-17/h8-13,15-16H,5-7,14H2,1-4H3. The SMILES string of the molecule is CCCC[N+]1(C(=O)C(=O)C(C)(C)CC)C=CN(c2ccccc2)C=C1C(=O)[O-]. The molecule has 1 amide bonds. The van der Waals surface area contributed by atoms with Crippen LogP contribution in [-0.4, -0.2) is 28.7 Å². The lowest BCUT2D eigenvalue weighted by Gasteiger charge is -2.38. The van der Waals surface area contributed by atoms with E-state index >= 15 is 0 Å². The largest absolute Gasteiger partial charge is 0.540 e. The Bertz CT molecular complexity index is 811. The van der Waals surface area contributed by atoms with Crippen LogP contribution >= 0.6 is 0 Å². The van der Waals surface area contributed by atoms with Gasteiger partial charge in [-0.1, -0.05) is 52.3 Å². The van der Waals surface area contributed by atoms with Crippen LogP contribution < -0.4 is 10.0 Å². The number of hydrogen-bond acceptors (Lipinski definition) is 5. The highest BCUT2D eigenvalue weighted by atomic mass is 16.4. The number of benzene rings is 1. The number of nitrogens with zero attached hydrogens (tertiary/aromatic N) is 2. The summed E-state index contributed by atoms with van der Waals surface area (Å²) < 4.78 is -0.651. The van der Waals surface area contributed by atoms with Gasteiger partial charge in [0.05, 0.1) is 18.9 Å². The molecular weight excluding hydrogens is 356 g/mol. The molecule has 0 N–H and O–H groups in total. The molecule has 0 fully saturated rings. The van der Waals surface area contributed by atoms with Crippen molar-refractivity contribution in [1.82, 2.24) is 0 Å². The molecule has 2 rings (SSSR count). The number of aliphatic carboxylic acids is 1. The molecule has 0 spiro atoms. The molecule has 1 aliphatic rings. The molecule has 6 nitrogen and oxygen atoms in total. The summed E-state index contributed by atoms with van der Waals surface area (Å²) in [5, 5.41) is 12.0. The van der Waals surface area contributed by atoms with Gasteiger partial charge in [-0.3, -0.25) is 4.79 Å². The Kier molecular flexibility index (Phi) is 6.56. The van der Waals surface area contributed by atoms with Crippen molar-refractivity contribution in [2.24, 2.45) is 5.41 Å². The predicted molar refractivity (Wildman–Crippen MR) is 105 cm³/mol. The Morgan fingerprint density at radius 3 is 2.29 bits per heavy atom. The van der Waals surface area contributed by atoms with Crippen molar-refractivity contribution in [2.45, 2.75) is 47.0 Å². The van der Waals surface area contributed by atoms with Crippen LogP contribution in [0.4, 0.5) is 5.69 Å². The van der Waals surface area contributed by atoms with Gasteiger partial charge in [0.1, 0.15) is 12.2 Å². The van der Waals surface area contributed by atoms with Crippen molar-refractivity contribution >= 4 is 23.3 Å². The van der Waals surface area contributed by atoms with E-state index in [1.165, 1.54) is 12.4 Å². The molecule has 0 aromatic heterocycles. The number of para-hydroxylation sites is 1. The summed E-state index contributed by atoms with van der Waals surface area (Å²) in [4.78, 5) is 39.9. The van der Waals surface area contributed by atoms with Gasteiger partial charge in [-0.25, -0.2) is 4.79 Å². The average Bonchev–Trinajstić information content (AvgIpc) is 2.71. The van der Waals surface area contributed by atoms with Crippen molar-refractivity contribution in [1.29, 1.82) is 0 Å². The smallest absolute Gasteiger partial charge is 0.392 e. The van der Waals surface area contributed by atoms with Crippen LogP contribution in [0.3, 0.4) is 0 Å². The predicted octanol–water partition coefficient (Wildman–Crippen LogP) is 2.72. The van der Waals surface area contributed by atoms with Crippen LogP contribution in [0.5, 0.6) is 0 Å². The minimum atomic E-state index is -1.46. The number of amides is 1. The molecule has 0 saturated heterocycles. The minimum absolute atomic E-state index is 0.194. The van der Waals surface area contributed by atoms with Crippen molar-refractivity contribution in [2.75, 3.05) is 11.4 Å². The first kappa shape index (κ1) is 21.6. The number of rotatable bonds is 8. The second kappa shape index (κ2) is 8.52. The number of Topliss-reactive ketones (excluding diaryl/α,β-unsaturated/α-hetero) is 1. The fourth-order valence-electron chi connectivity index (χ4n) is 3.03. The fourth-order valence-corrected chi connectivity index (χ4v) is 3.03. The molecule has 0 bridgehead atoms. The number of quaternary nitrogens is 1. The van der Waals surface area contributed by atoms with E-state index in [0.29, 0.717) is 12.8 Å². The lowest BCUT2D eigenvalue weighted by atomic mass is 9.84. The van der Waals surface area contributed by atoms with E-state index in [9.17, 15) is 19.5 Å². The Balaban J connectivity index is 2.56. The van der Waals surface area contributed by atoms with Crippen LogP contribution in [0.25, 0.3) is 0 Å². The molecule has 1 aromatic carbocycles. The summed E-state index contributed by atoms with van der Waals surface area (Å²) in [7, 11) is 0. The number of carboxylic acids is 1. The van der Waals surface area contributed by atoms with E-state index in [1.54, 1.807) is 24.9 Å². The minimum Gasteiger partial charge on any atom is -0.540 e. The Morgan fingerprint density at radius 2 is 1.75 bits per heavy atom. The van der Waals surface area contributed by atoms with E-state index in [0.717, 1.165) is 12.1 Å². The maximum Gasteiger partial charge on any atom is 0.392 e. The third-order valence-electron chi connectivity index (χ3n) is 5.36. The van der Waals surface area contributed by atoms with Crippen molar-refractivity contribution < 1.29 is 24.0 Å². The van der Waals surface area contributed by atoms with Crippen molar-refractivity contribution in [3.05, 3.63) is 54.6 Å². The molecule has 1 atom stereocenters. The van der Waals surface area contributed by atoms with Crippen LogP contribution in [-0.2, 0) is 14.4 Å². The molecule has 1 aromatic rings. The zero-order valence-electron chi connectivity index (χ0n) is 17.0. The van der Waals surface area contributed by atoms with Gasteiger partial charge in [-0.2, -0.15) is 4.48 Å². The Hall–Kier alpha value is -2.73. The molecule has 0 aliphatic carbocycles. The first-order valence-electron chi connectivity index (χ1n) is 9.63. The summed E-state index contributed by atoms with van der Waals surface area (Å²) in [5.74, 6) is -2.77. The normalized spacial score (nSPS) is 19.3. The highest BCUT2D eigenvalue weighted by molar-refractivity contribution is 6.35. The summed E-state index contributed by atoms with van der Waals surface area (Å²) in [6.45, 7) is 7.39. The van der Waals surface area contributed by atoms with Gasteiger partial charge in [0.15, 0.2) is 5.70 Å². The first-order chi connectivity index (χ1) is 13.2. The van der Waals surface area contributed by atoms with Crippen molar-refractivity contribution in [3.63, 3.8) is 0 Å². The molecule has 6 heteroatoms. The number of hydrogen-bond donors (Lipinski definition) is 0. The third kappa shape index (κ3) is 4.07. The lowest BCUT2D eigenvalue weighted by molar-refractivity contribution is -0.759. The molecule has 150 valence electrons. The highest BCUT2D eigenvalue weighted by Crippen LogP contribution is 2.32. The first-order valence-corrected chi connectivity index (χ1v) is 9.63. The van der Waals surface area contributed by atoms with Gasteiger partial charge in [0, 0.05) is 11.1 Å². The summed E-state index contributed by atoms with van der Waals surface area (Å²) in [5.41, 5.74) is -0.348. The molecule has 1 unspecified atom stereocenters. The van der Waals surface area contributed by atoms with Crippen LogP contribution in [0.1, 0.15) is 47.0 Å². The molecule has 1 aliphatic heterocycles. The zero-order chi connectivity index (χ0) is 20.9. The summed E-state index contributed by atoms with van der Waals surface area (Å²) in [6, 6.07) is 9.18. The number of ketones is 1. The average molecular weight is 384 g/mol. The number of carbonyl (C=O) groups excluding carboxylic acids is 3. The Morgan fingerprint density at radius 1 is 1.11 bits per heavy atom. The van der Waals surface area contributed by atoms with Gasteiger partial charge < -0.3 is 14.8 Å². The van der Waals surface area contributed by atoms with Crippen LogP contribution in [0.15, 0.2) is 54.6 Å². The molecular formula is C22H28N2O4. The zero-order valence-corrected chi connectivity index (χ0v) is 17.0. The summed E-state index contributed by atoms with van der Waals surface area (Å²) >= 11 is 0. The lowest BCUT2D eigenvalue weighted by Crippen LogP contribution is -2.58. The van der Waals surface area contributed by atoms with Gasteiger partial charge in [0.2, 0.25) is 0 Å². The fraction of sp³-hybridized carbons (Fsp3) is 0.409. The van der Waals surface area contributed by atoms with E-state index in [4.69, 9.17) is 0 Å². The Labute approximate surface area is 166 Å².